The van der Waals surface area contributed by atoms with E-state index in [1.807, 2.05) is 0 Å². The summed E-state index contributed by atoms with van der Waals surface area (Å²) in [5.74, 6) is 0. The van der Waals surface area contributed by atoms with E-state index in [1.165, 1.54) is 9.13 Å². The van der Waals surface area contributed by atoms with Crippen molar-refractivity contribution >= 4 is 28.7 Å². The summed E-state index contributed by atoms with van der Waals surface area (Å²) in [6.45, 7) is 2.37. The van der Waals surface area contributed by atoms with Crippen molar-refractivity contribution < 1.29 is 9.90 Å². The van der Waals surface area contributed by atoms with E-state index in [0.717, 1.165) is 25.9 Å². The number of halogens is 1. The van der Waals surface area contributed by atoms with E-state index in [-0.39, 0.29) is 5.41 Å². The van der Waals surface area contributed by atoms with Gasteiger partial charge in [-0.05, 0) is 66.2 Å². The number of rotatable bonds is 3. The summed E-state index contributed by atoms with van der Waals surface area (Å²) in [5.41, 5.74) is 1.17. The predicted molar refractivity (Wildman–Crippen MR) is 79.0 cm³/mol. The van der Waals surface area contributed by atoms with Crippen LogP contribution in [0, 0.1) is 3.57 Å². The van der Waals surface area contributed by atoms with Gasteiger partial charge in [0.25, 0.3) is 0 Å². The third-order valence-electron chi connectivity index (χ3n) is 3.60. The Hall–Kier alpha value is -0.820. The van der Waals surface area contributed by atoms with Crippen molar-refractivity contribution in [2.24, 2.45) is 0 Å². The van der Waals surface area contributed by atoms with Crippen LogP contribution in [0.1, 0.15) is 18.4 Å². The van der Waals surface area contributed by atoms with Gasteiger partial charge in [-0.3, -0.25) is 0 Å². The lowest BCUT2D eigenvalue weighted by Gasteiger charge is -2.38. The molecule has 0 atom stereocenters. The first-order valence-electron chi connectivity index (χ1n) is 6.06. The summed E-state index contributed by atoms with van der Waals surface area (Å²) >= 11 is 2.28. The third kappa shape index (κ3) is 3.14. The summed E-state index contributed by atoms with van der Waals surface area (Å²) in [6.07, 6.45) is 0.986. The van der Waals surface area contributed by atoms with Crippen molar-refractivity contribution in [1.29, 1.82) is 0 Å². The molecule has 0 bridgehead atoms. The molecule has 18 heavy (non-hydrogen) atoms. The van der Waals surface area contributed by atoms with E-state index < -0.39 is 6.09 Å². The van der Waals surface area contributed by atoms with Crippen LogP contribution in [0.25, 0.3) is 0 Å². The first-order valence-corrected chi connectivity index (χ1v) is 7.14. The lowest BCUT2D eigenvalue weighted by atomic mass is 9.73. The number of benzene rings is 1. The molecule has 1 aromatic rings. The quantitative estimate of drug-likeness (QED) is 0.725. The molecule has 98 valence electrons. The maximum absolute atomic E-state index is 10.7. The summed E-state index contributed by atoms with van der Waals surface area (Å²) in [7, 11) is 0. The highest BCUT2D eigenvalue weighted by Gasteiger charge is 2.34. The second-order valence-corrected chi connectivity index (χ2v) is 5.94. The minimum absolute atomic E-state index is 0.0615. The van der Waals surface area contributed by atoms with E-state index in [9.17, 15) is 4.79 Å². The van der Waals surface area contributed by atoms with Gasteiger partial charge in [-0.2, -0.15) is 0 Å². The van der Waals surface area contributed by atoms with Crippen LogP contribution >= 0.6 is 22.6 Å². The Labute approximate surface area is 120 Å². The molecule has 1 aliphatic heterocycles. The number of nitrogens with one attached hydrogen (secondary N) is 2. The van der Waals surface area contributed by atoms with Gasteiger partial charge in [-0.1, -0.05) is 12.1 Å². The SMILES string of the molecule is O=C(O)NCC1(c2ccc(I)cc2)CCNCC1. The fourth-order valence-electron chi connectivity index (χ4n) is 2.52. The maximum atomic E-state index is 10.7. The van der Waals surface area contributed by atoms with Crippen molar-refractivity contribution in [2.45, 2.75) is 18.3 Å². The van der Waals surface area contributed by atoms with Crippen LogP contribution in [-0.2, 0) is 5.41 Å². The zero-order valence-electron chi connectivity index (χ0n) is 10.1. The van der Waals surface area contributed by atoms with Crippen LogP contribution in [-0.4, -0.2) is 30.8 Å². The summed E-state index contributed by atoms with van der Waals surface area (Å²) < 4.78 is 1.20. The molecule has 2 rings (SSSR count). The van der Waals surface area contributed by atoms with Crippen LogP contribution in [0.5, 0.6) is 0 Å². The molecule has 1 saturated heterocycles. The Morgan fingerprint density at radius 2 is 1.94 bits per heavy atom. The number of piperidine rings is 1. The van der Waals surface area contributed by atoms with E-state index in [0.29, 0.717) is 6.54 Å². The summed E-state index contributed by atoms with van der Waals surface area (Å²) in [5, 5.41) is 14.7. The topological polar surface area (TPSA) is 61.4 Å². The minimum Gasteiger partial charge on any atom is -0.465 e. The average molecular weight is 360 g/mol. The smallest absolute Gasteiger partial charge is 0.404 e. The molecule has 0 saturated carbocycles. The first kappa shape index (κ1) is 13.6. The van der Waals surface area contributed by atoms with Crippen molar-refractivity contribution in [3.8, 4) is 0 Å². The molecule has 0 spiro atoms. The lowest BCUT2D eigenvalue weighted by molar-refractivity contribution is 0.187. The lowest BCUT2D eigenvalue weighted by Crippen LogP contribution is -2.47. The van der Waals surface area contributed by atoms with Crippen LogP contribution in [0.2, 0.25) is 0 Å². The number of amides is 1. The molecule has 0 unspecified atom stereocenters. The van der Waals surface area contributed by atoms with Gasteiger partial charge in [0.1, 0.15) is 0 Å². The Morgan fingerprint density at radius 1 is 1.33 bits per heavy atom. The standard InChI is InChI=1S/C13H17IN2O2/c14-11-3-1-10(2-4-11)13(9-16-12(17)18)5-7-15-8-6-13/h1-4,15-16H,5-9H2,(H,17,18). The van der Waals surface area contributed by atoms with Gasteiger partial charge in [-0.25, -0.2) is 4.79 Å². The van der Waals surface area contributed by atoms with E-state index in [1.54, 1.807) is 0 Å². The zero-order valence-corrected chi connectivity index (χ0v) is 12.2. The molecule has 1 fully saturated rings. The summed E-state index contributed by atoms with van der Waals surface area (Å²) in [6, 6.07) is 8.41. The Bertz CT molecular complexity index is 414. The highest BCUT2D eigenvalue weighted by Crippen LogP contribution is 2.33. The Kier molecular flexibility index (Phi) is 4.45. The van der Waals surface area contributed by atoms with Crippen molar-refractivity contribution in [3.63, 3.8) is 0 Å². The molecule has 0 aromatic heterocycles. The fourth-order valence-corrected chi connectivity index (χ4v) is 2.88. The van der Waals surface area contributed by atoms with Gasteiger partial charge >= 0.3 is 6.09 Å². The number of carbonyl (C=O) groups is 1. The zero-order chi connectivity index (χ0) is 13.0. The van der Waals surface area contributed by atoms with Gasteiger partial charge in [0, 0.05) is 15.5 Å². The maximum Gasteiger partial charge on any atom is 0.404 e. The molecule has 4 nitrogen and oxygen atoms in total. The molecule has 1 aliphatic rings. The molecule has 0 radical (unpaired) electrons. The van der Waals surface area contributed by atoms with E-state index in [4.69, 9.17) is 5.11 Å². The first-order chi connectivity index (χ1) is 8.62. The molecule has 3 N–H and O–H groups in total. The predicted octanol–water partition coefficient (Wildman–Crippen LogP) is 2.18. The largest absolute Gasteiger partial charge is 0.465 e. The minimum atomic E-state index is -0.946. The van der Waals surface area contributed by atoms with Gasteiger partial charge < -0.3 is 15.7 Å². The fraction of sp³-hybridized carbons (Fsp3) is 0.462. The second kappa shape index (κ2) is 5.88. The van der Waals surface area contributed by atoms with E-state index in [2.05, 4.69) is 57.5 Å². The highest BCUT2D eigenvalue weighted by atomic mass is 127. The van der Waals surface area contributed by atoms with Crippen molar-refractivity contribution in [3.05, 3.63) is 33.4 Å². The van der Waals surface area contributed by atoms with Crippen molar-refractivity contribution in [1.82, 2.24) is 10.6 Å². The van der Waals surface area contributed by atoms with Crippen LogP contribution in [0.15, 0.2) is 24.3 Å². The van der Waals surface area contributed by atoms with Gasteiger partial charge in [0.15, 0.2) is 0 Å². The Balaban J connectivity index is 2.22. The van der Waals surface area contributed by atoms with Gasteiger partial charge in [0.2, 0.25) is 0 Å². The molecule has 1 aromatic carbocycles. The normalized spacial score (nSPS) is 18.3. The Morgan fingerprint density at radius 3 is 2.50 bits per heavy atom. The highest BCUT2D eigenvalue weighted by molar-refractivity contribution is 14.1. The average Bonchev–Trinajstić information content (AvgIpc) is 2.38. The van der Waals surface area contributed by atoms with Gasteiger partial charge in [-0.15, -0.1) is 0 Å². The second-order valence-electron chi connectivity index (χ2n) is 4.70. The summed E-state index contributed by atoms with van der Waals surface area (Å²) in [4.78, 5) is 10.7. The number of carboxylic acid groups (broad SMARTS) is 1. The third-order valence-corrected chi connectivity index (χ3v) is 4.31. The van der Waals surface area contributed by atoms with Crippen LogP contribution in [0.4, 0.5) is 4.79 Å². The van der Waals surface area contributed by atoms with Crippen LogP contribution in [0.3, 0.4) is 0 Å². The molecular weight excluding hydrogens is 343 g/mol. The van der Waals surface area contributed by atoms with Gasteiger partial charge in [0.05, 0.1) is 0 Å². The van der Waals surface area contributed by atoms with Crippen LogP contribution < -0.4 is 10.6 Å². The molecule has 1 amide bonds. The molecule has 1 heterocycles. The number of hydrogen-bond acceptors (Lipinski definition) is 2. The number of hydrogen-bond donors (Lipinski definition) is 3. The molecule has 0 aliphatic carbocycles. The van der Waals surface area contributed by atoms with Crippen molar-refractivity contribution in [2.75, 3.05) is 19.6 Å². The monoisotopic (exact) mass is 360 g/mol. The molecular formula is C13H17IN2O2. The molecule has 5 heteroatoms. The van der Waals surface area contributed by atoms with E-state index >= 15 is 0 Å².